The standard InChI is InChI=1S/C15H13Cl3N2O3/c1-22-10-2-4-11(5-3-10)23-8-14(21)19-20-15-12(17)6-9(16)7-13(15)18/h2-7,20H,8H2,1H3,(H,19,21). The van der Waals surface area contributed by atoms with Gasteiger partial charge in [0.2, 0.25) is 0 Å². The second-order valence-corrected chi connectivity index (χ2v) is 5.63. The minimum Gasteiger partial charge on any atom is -0.497 e. The van der Waals surface area contributed by atoms with Gasteiger partial charge in [-0.05, 0) is 36.4 Å². The Morgan fingerprint density at radius 3 is 2.17 bits per heavy atom. The summed E-state index contributed by atoms with van der Waals surface area (Å²) in [5.41, 5.74) is 5.44. The number of rotatable bonds is 6. The van der Waals surface area contributed by atoms with E-state index in [1.807, 2.05) is 0 Å². The average Bonchev–Trinajstić information content (AvgIpc) is 2.52. The molecule has 0 heterocycles. The van der Waals surface area contributed by atoms with Crippen LogP contribution in [0.25, 0.3) is 0 Å². The topological polar surface area (TPSA) is 59.6 Å². The van der Waals surface area contributed by atoms with Gasteiger partial charge in [0.05, 0.1) is 22.8 Å². The first-order valence-electron chi connectivity index (χ1n) is 6.46. The van der Waals surface area contributed by atoms with Crippen molar-refractivity contribution in [3.63, 3.8) is 0 Å². The van der Waals surface area contributed by atoms with Gasteiger partial charge >= 0.3 is 0 Å². The van der Waals surface area contributed by atoms with E-state index in [0.717, 1.165) is 0 Å². The van der Waals surface area contributed by atoms with Crippen LogP contribution in [0.15, 0.2) is 36.4 Å². The molecule has 0 atom stereocenters. The Labute approximate surface area is 148 Å². The van der Waals surface area contributed by atoms with E-state index in [0.29, 0.717) is 32.3 Å². The fourth-order valence-electron chi connectivity index (χ4n) is 1.65. The van der Waals surface area contributed by atoms with Gasteiger partial charge in [0.15, 0.2) is 6.61 Å². The van der Waals surface area contributed by atoms with Crippen molar-refractivity contribution in [1.29, 1.82) is 0 Å². The number of halogens is 3. The van der Waals surface area contributed by atoms with Gasteiger partial charge in [-0.1, -0.05) is 34.8 Å². The zero-order valence-electron chi connectivity index (χ0n) is 12.0. The minimum atomic E-state index is -0.400. The summed E-state index contributed by atoms with van der Waals surface area (Å²) in [5, 5.41) is 0.984. The molecule has 0 aliphatic carbocycles. The maximum atomic E-state index is 11.8. The van der Waals surface area contributed by atoms with Crippen LogP contribution in [0, 0.1) is 0 Å². The highest BCUT2D eigenvalue weighted by molar-refractivity contribution is 6.41. The Hall–Kier alpha value is -1.82. The number of nitrogens with one attached hydrogen (secondary N) is 2. The highest BCUT2D eigenvalue weighted by atomic mass is 35.5. The summed E-state index contributed by atoms with van der Waals surface area (Å²) < 4.78 is 10.4. The molecule has 2 N–H and O–H groups in total. The lowest BCUT2D eigenvalue weighted by atomic mass is 10.3. The van der Waals surface area contributed by atoms with Crippen molar-refractivity contribution in [2.75, 3.05) is 19.1 Å². The number of benzene rings is 2. The number of amides is 1. The van der Waals surface area contributed by atoms with E-state index in [4.69, 9.17) is 44.3 Å². The summed E-state index contributed by atoms with van der Waals surface area (Å²) in [5.74, 6) is 0.849. The Morgan fingerprint density at radius 1 is 1.04 bits per heavy atom. The zero-order valence-corrected chi connectivity index (χ0v) is 14.3. The molecule has 2 aromatic rings. The SMILES string of the molecule is COc1ccc(OCC(=O)NNc2c(Cl)cc(Cl)cc2Cl)cc1. The van der Waals surface area contributed by atoms with Gasteiger partial charge in [-0.3, -0.25) is 15.6 Å². The summed E-state index contributed by atoms with van der Waals surface area (Å²) in [6, 6.07) is 9.89. The quantitative estimate of drug-likeness (QED) is 0.744. The molecule has 2 rings (SSSR count). The number of carbonyl (C=O) groups excluding carboxylic acids is 1. The molecule has 0 aromatic heterocycles. The van der Waals surface area contributed by atoms with Crippen molar-refractivity contribution < 1.29 is 14.3 Å². The smallest absolute Gasteiger partial charge is 0.276 e. The highest BCUT2D eigenvalue weighted by Gasteiger charge is 2.09. The van der Waals surface area contributed by atoms with E-state index < -0.39 is 5.91 Å². The fraction of sp³-hybridized carbons (Fsp3) is 0.133. The molecular weight excluding hydrogens is 363 g/mol. The van der Waals surface area contributed by atoms with Crippen LogP contribution in [-0.2, 0) is 4.79 Å². The molecule has 0 radical (unpaired) electrons. The Morgan fingerprint density at radius 2 is 1.61 bits per heavy atom. The van der Waals surface area contributed by atoms with E-state index in [9.17, 15) is 4.79 Å². The summed E-state index contributed by atoms with van der Waals surface area (Å²) in [4.78, 5) is 11.8. The van der Waals surface area contributed by atoms with Crippen LogP contribution >= 0.6 is 34.8 Å². The Kier molecular flexibility index (Phi) is 6.21. The van der Waals surface area contributed by atoms with Gasteiger partial charge in [0.1, 0.15) is 11.5 Å². The Bertz CT molecular complexity index is 670. The summed E-state index contributed by atoms with van der Waals surface area (Å²) in [6.45, 7) is -0.178. The van der Waals surface area contributed by atoms with Gasteiger partial charge < -0.3 is 9.47 Å². The number of carbonyl (C=O) groups is 1. The first-order chi connectivity index (χ1) is 11.0. The van der Waals surface area contributed by atoms with Crippen molar-refractivity contribution in [2.24, 2.45) is 0 Å². The van der Waals surface area contributed by atoms with E-state index in [1.165, 1.54) is 12.1 Å². The molecule has 0 bridgehead atoms. The molecular formula is C15H13Cl3N2O3. The largest absolute Gasteiger partial charge is 0.497 e. The van der Waals surface area contributed by atoms with Crippen LogP contribution in [0.3, 0.4) is 0 Å². The molecule has 2 aromatic carbocycles. The summed E-state index contributed by atoms with van der Waals surface area (Å²) in [7, 11) is 1.57. The monoisotopic (exact) mass is 374 g/mol. The van der Waals surface area contributed by atoms with Crippen LogP contribution in [0.5, 0.6) is 11.5 Å². The second kappa shape index (κ2) is 8.15. The number of hydrazine groups is 1. The van der Waals surface area contributed by atoms with Crippen molar-refractivity contribution in [2.45, 2.75) is 0 Å². The predicted octanol–water partition coefficient (Wildman–Crippen LogP) is 4.18. The first-order valence-corrected chi connectivity index (χ1v) is 7.59. The summed E-state index contributed by atoms with van der Waals surface area (Å²) >= 11 is 17.8. The molecule has 5 nitrogen and oxygen atoms in total. The normalized spacial score (nSPS) is 10.1. The van der Waals surface area contributed by atoms with E-state index in [-0.39, 0.29) is 6.61 Å². The third-order valence-electron chi connectivity index (χ3n) is 2.76. The third kappa shape index (κ3) is 5.10. The van der Waals surface area contributed by atoms with Crippen LogP contribution in [-0.4, -0.2) is 19.6 Å². The first kappa shape index (κ1) is 17.5. The third-order valence-corrected chi connectivity index (χ3v) is 3.58. The fourth-order valence-corrected chi connectivity index (χ4v) is 2.56. The molecule has 0 saturated heterocycles. The molecule has 0 unspecified atom stereocenters. The van der Waals surface area contributed by atoms with Gasteiger partial charge in [0.25, 0.3) is 5.91 Å². The molecule has 0 fully saturated rings. The van der Waals surface area contributed by atoms with E-state index in [2.05, 4.69) is 10.9 Å². The van der Waals surface area contributed by atoms with Crippen LogP contribution in [0.4, 0.5) is 5.69 Å². The molecule has 122 valence electrons. The Balaban J connectivity index is 1.85. The molecule has 0 aliphatic heterocycles. The zero-order chi connectivity index (χ0) is 16.8. The number of anilines is 1. The summed E-state index contributed by atoms with van der Waals surface area (Å²) in [6.07, 6.45) is 0. The molecule has 23 heavy (non-hydrogen) atoms. The lowest BCUT2D eigenvalue weighted by Gasteiger charge is -2.12. The number of hydrogen-bond donors (Lipinski definition) is 2. The van der Waals surface area contributed by atoms with Gasteiger partial charge in [-0.15, -0.1) is 0 Å². The van der Waals surface area contributed by atoms with Gasteiger partial charge in [-0.25, -0.2) is 0 Å². The molecule has 0 saturated carbocycles. The van der Waals surface area contributed by atoms with Crippen molar-refractivity contribution in [3.05, 3.63) is 51.5 Å². The molecule has 1 amide bonds. The molecule has 0 aliphatic rings. The van der Waals surface area contributed by atoms with Crippen LogP contribution in [0.2, 0.25) is 15.1 Å². The van der Waals surface area contributed by atoms with E-state index >= 15 is 0 Å². The number of hydrogen-bond acceptors (Lipinski definition) is 4. The highest BCUT2D eigenvalue weighted by Crippen LogP contribution is 2.33. The predicted molar refractivity (Wildman–Crippen MR) is 91.7 cm³/mol. The van der Waals surface area contributed by atoms with Crippen molar-refractivity contribution in [1.82, 2.24) is 5.43 Å². The van der Waals surface area contributed by atoms with Crippen LogP contribution < -0.4 is 20.3 Å². The lowest BCUT2D eigenvalue weighted by molar-refractivity contribution is -0.122. The second-order valence-electron chi connectivity index (χ2n) is 4.38. The minimum absolute atomic E-state index is 0.178. The van der Waals surface area contributed by atoms with Gasteiger partial charge in [-0.2, -0.15) is 0 Å². The van der Waals surface area contributed by atoms with Crippen molar-refractivity contribution in [3.8, 4) is 11.5 Å². The maximum absolute atomic E-state index is 11.8. The number of methoxy groups -OCH3 is 1. The molecule has 0 spiro atoms. The van der Waals surface area contributed by atoms with E-state index in [1.54, 1.807) is 31.4 Å². The lowest BCUT2D eigenvalue weighted by Crippen LogP contribution is -2.33. The van der Waals surface area contributed by atoms with Crippen molar-refractivity contribution >= 4 is 46.4 Å². The average molecular weight is 376 g/mol. The maximum Gasteiger partial charge on any atom is 0.276 e. The van der Waals surface area contributed by atoms with Gasteiger partial charge in [0, 0.05) is 5.02 Å². The van der Waals surface area contributed by atoms with Crippen LogP contribution in [0.1, 0.15) is 0 Å². The number of ether oxygens (including phenoxy) is 2. The molecule has 8 heteroatoms.